The minimum Gasteiger partial charge on any atom is -0.356 e. The molecule has 1 saturated heterocycles. The Balaban J connectivity index is 2.52. The average molecular weight is 268 g/mol. The van der Waals surface area contributed by atoms with Gasteiger partial charge in [-0.05, 0) is 32.1 Å². The SMILES string of the molecule is CC(C)CCC(=O)NC(C)(C=O)CC1CCNC1=O. The Morgan fingerprint density at radius 2 is 2.26 bits per heavy atom. The van der Waals surface area contributed by atoms with Crippen molar-refractivity contribution in [2.24, 2.45) is 11.8 Å². The number of aldehydes is 1. The summed E-state index contributed by atoms with van der Waals surface area (Å²) in [5, 5.41) is 5.50. The molecule has 0 aliphatic carbocycles. The molecule has 5 nitrogen and oxygen atoms in total. The highest BCUT2D eigenvalue weighted by atomic mass is 16.2. The fourth-order valence-corrected chi connectivity index (χ4v) is 2.28. The third-order valence-electron chi connectivity index (χ3n) is 3.47. The first-order valence-electron chi connectivity index (χ1n) is 6.91. The highest BCUT2D eigenvalue weighted by Crippen LogP contribution is 2.21. The van der Waals surface area contributed by atoms with Crippen molar-refractivity contribution in [2.75, 3.05) is 6.54 Å². The fraction of sp³-hybridized carbons (Fsp3) is 0.786. The summed E-state index contributed by atoms with van der Waals surface area (Å²) in [4.78, 5) is 34.6. The molecule has 2 atom stereocenters. The Bertz CT molecular complexity index is 355. The summed E-state index contributed by atoms with van der Waals surface area (Å²) in [6.07, 6.45) is 3.05. The first kappa shape index (κ1) is 15.7. The second-order valence-electron chi connectivity index (χ2n) is 6.00. The van der Waals surface area contributed by atoms with E-state index in [1.54, 1.807) is 6.92 Å². The minimum absolute atomic E-state index is 0.0236. The molecule has 1 aliphatic heterocycles. The molecule has 2 N–H and O–H groups in total. The van der Waals surface area contributed by atoms with Crippen molar-refractivity contribution in [3.05, 3.63) is 0 Å². The zero-order valence-electron chi connectivity index (χ0n) is 12.0. The van der Waals surface area contributed by atoms with Crippen molar-refractivity contribution in [2.45, 2.75) is 52.0 Å². The van der Waals surface area contributed by atoms with Gasteiger partial charge < -0.3 is 15.4 Å². The van der Waals surface area contributed by atoms with Gasteiger partial charge in [0.1, 0.15) is 6.29 Å². The van der Waals surface area contributed by atoms with Crippen LogP contribution in [0.4, 0.5) is 0 Å². The molecular formula is C14H24N2O3. The van der Waals surface area contributed by atoms with Gasteiger partial charge in [0, 0.05) is 18.9 Å². The van der Waals surface area contributed by atoms with E-state index in [2.05, 4.69) is 24.5 Å². The van der Waals surface area contributed by atoms with Crippen LogP contribution in [0.25, 0.3) is 0 Å². The molecule has 19 heavy (non-hydrogen) atoms. The predicted molar refractivity (Wildman–Crippen MR) is 72.4 cm³/mol. The molecule has 0 saturated carbocycles. The summed E-state index contributed by atoms with van der Waals surface area (Å²) in [5.74, 6) is 0.126. The number of carbonyl (C=O) groups is 3. The van der Waals surface area contributed by atoms with E-state index in [1.807, 2.05) is 0 Å². The van der Waals surface area contributed by atoms with E-state index >= 15 is 0 Å². The van der Waals surface area contributed by atoms with Gasteiger partial charge in [0.25, 0.3) is 0 Å². The van der Waals surface area contributed by atoms with Gasteiger partial charge >= 0.3 is 0 Å². The van der Waals surface area contributed by atoms with Crippen LogP contribution >= 0.6 is 0 Å². The molecule has 108 valence electrons. The second kappa shape index (κ2) is 6.68. The maximum Gasteiger partial charge on any atom is 0.223 e. The second-order valence-corrected chi connectivity index (χ2v) is 6.00. The normalized spacial score (nSPS) is 21.9. The maximum absolute atomic E-state index is 11.8. The maximum atomic E-state index is 11.8. The third-order valence-corrected chi connectivity index (χ3v) is 3.47. The lowest BCUT2D eigenvalue weighted by Gasteiger charge is -2.27. The Labute approximate surface area is 114 Å². The summed E-state index contributed by atoms with van der Waals surface area (Å²) in [5.41, 5.74) is -0.944. The van der Waals surface area contributed by atoms with Crippen LogP contribution in [0.2, 0.25) is 0 Å². The van der Waals surface area contributed by atoms with E-state index in [0.29, 0.717) is 25.3 Å². The van der Waals surface area contributed by atoms with E-state index in [4.69, 9.17) is 0 Å². The van der Waals surface area contributed by atoms with Gasteiger partial charge in [-0.15, -0.1) is 0 Å². The number of amides is 2. The van der Waals surface area contributed by atoms with Gasteiger partial charge in [-0.2, -0.15) is 0 Å². The average Bonchev–Trinajstić information content (AvgIpc) is 2.72. The van der Waals surface area contributed by atoms with Gasteiger partial charge in [-0.3, -0.25) is 9.59 Å². The molecule has 2 amide bonds. The Kier molecular flexibility index (Phi) is 5.51. The molecule has 0 spiro atoms. The van der Waals surface area contributed by atoms with Crippen LogP contribution in [-0.2, 0) is 14.4 Å². The van der Waals surface area contributed by atoms with Crippen molar-refractivity contribution in [3.8, 4) is 0 Å². The van der Waals surface area contributed by atoms with Gasteiger partial charge in [0.15, 0.2) is 0 Å². The molecular weight excluding hydrogens is 244 g/mol. The molecule has 0 aromatic rings. The van der Waals surface area contributed by atoms with Gasteiger partial charge in [0.05, 0.1) is 5.54 Å². The summed E-state index contributed by atoms with van der Waals surface area (Å²) in [6, 6.07) is 0. The molecule has 1 rings (SSSR count). The molecule has 0 bridgehead atoms. The van der Waals surface area contributed by atoms with Gasteiger partial charge in [-0.1, -0.05) is 13.8 Å². The van der Waals surface area contributed by atoms with Crippen LogP contribution in [0.1, 0.15) is 46.5 Å². The monoisotopic (exact) mass is 268 g/mol. The third kappa shape index (κ3) is 5.01. The van der Waals surface area contributed by atoms with Crippen molar-refractivity contribution < 1.29 is 14.4 Å². The van der Waals surface area contributed by atoms with Crippen LogP contribution < -0.4 is 10.6 Å². The lowest BCUT2D eigenvalue weighted by molar-refractivity contribution is -0.129. The zero-order valence-corrected chi connectivity index (χ0v) is 12.0. The zero-order chi connectivity index (χ0) is 14.5. The number of hydrogen-bond acceptors (Lipinski definition) is 3. The fourth-order valence-electron chi connectivity index (χ4n) is 2.28. The van der Waals surface area contributed by atoms with Crippen LogP contribution in [0.3, 0.4) is 0 Å². The van der Waals surface area contributed by atoms with Crippen LogP contribution in [-0.4, -0.2) is 30.2 Å². The van der Waals surface area contributed by atoms with E-state index in [1.165, 1.54) is 0 Å². The number of hydrogen-bond donors (Lipinski definition) is 2. The van der Waals surface area contributed by atoms with Crippen LogP contribution in [0.5, 0.6) is 0 Å². The summed E-state index contributed by atoms with van der Waals surface area (Å²) in [7, 11) is 0. The molecule has 0 radical (unpaired) electrons. The molecule has 1 aliphatic rings. The number of nitrogens with one attached hydrogen (secondary N) is 2. The molecule has 5 heteroatoms. The Hall–Kier alpha value is -1.39. The van der Waals surface area contributed by atoms with Crippen molar-refractivity contribution >= 4 is 18.1 Å². The standard InChI is InChI=1S/C14H24N2O3/c1-10(2)4-5-12(18)16-14(3,9-17)8-11-6-7-15-13(11)19/h9-11H,4-8H2,1-3H3,(H,15,19)(H,16,18). The van der Waals surface area contributed by atoms with E-state index in [-0.39, 0.29) is 17.7 Å². The quantitative estimate of drug-likeness (QED) is 0.677. The van der Waals surface area contributed by atoms with E-state index in [0.717, 1.165) is 19.1 Å². The van der Waals surface area contributed by atoms with Crippen LogP contribution in [0, 0.1) is 11.8 Å². The lowest BCUT2D eigenvalue weighted by Crippen LogP contribution is -2.49. The highest BCUT2D eigenvalue weighted by Gasteiger charge is 2.34. The van der Waals surface area contributed by atoms with Gasteiger partial charge in [-0.25, -0.2) is 0 Å². The minimum atomic E-state index is -0.944. The smallest absolute Gasteiger partial charge is 0.223 e. The highest BCUT2D eigenvalue weighted by molar-refractivity contribution is 5.84. The summed E-state index contributed by atoms with van der Waals surface area (Å²) in [6.45, 7) is 6.43. The van der Waals surface area contributed by atoms with E-state index in [9.17, 15) is 14.4 Å². The van der Waals surface area contributed by atoms with Crippen molar-refractivity contribution in [1.29, 1.82) is 0 Å². The molecule has 1 heterocycles. The van der Waals surface area contributed by atoms with E-state index < -0.39 is 5.54 Å². The first-order chi connectivity index (χ1) is 8.86. The molecule has 1 fully saturated rings. The first-order valence-corrected chi connectivity index (χ1v) is 6.91. The van der Waals surface area contributed by atoms with Crippen molar-refractivity contribution in [1.82, 2.24) is 10.6 Å². The number of carbonyl (C=O) groups excluding carboxylic acids is 3. The van der Waals surface area contributed by atoms with Gasteiger partial charge in [0.2, 0.25) is 11.8 Å². The Morgan fingerprint density at radius 3 is 2.74 bits per heavy atom. The number of rotatable bonds is 7. The summed E-state index contributed by atoms with van der Waals surface area (Å²) < 4.78 is 0. The van der Waals surface area contributed by atoms with Crippen molar-refractivity contribution in [3.63, 3.8) is 0 Å². The molecule has 2 unspecified atom stereocenters. The summed E-state index contributed by atoms with van der Waals surface area (Å²) >= 11 is 0. The lowest BCUT2D eigenvalue weighted by atomic mass is 9.88. The Morgan fingerprint density at radius 1 is 1.58 bits per heavy atom. The molecule has 0 aromatic heterocycles. The topological polar surface area (TPSA) is 75.3 Å². The molecule has 0 aromatic carbocycles. The van der Waals surface area contributed by atoms with Crippen LogP contribution in [0.15, 0.2) is 0 Å². The largest absolute Gasteiger partial charge is 0.356 e. The predicted octanol–water partition coefficient (Wildman–Crippen LogP) is 1.02.